The maximum atomic E-state index is 11.8. The van der Waals surface area contributed by atoms with E-state index in [-0.39, 0.29) is 5.91 Å². The van der Waals surface area contributed by atoms with Crippen LogP contribution in [-0.2, 0) is 0 Å². The highest BCUT2D eigenvalue weighted by Gasteiger charge is 2.05. The number of benzene rings is 1. The SMILES string of the molecule is O=C(NCCNC1=NCCCN1)c1ccc(Cl)cc1. The molecule has 0 aromatic heterocycles. The Morgan fingerprint density at radius 2 is 2.11 bits per heavy atom. The Morgan fingerprint density at radius 1 is 1.32 bits per heavy atom. The number of hydrogen-bond donors (Lipinski definition) is 3. The van der Waals surface area contributed by atoms with E-state index >= 15 is 0 Å². The van der Waals surface area contributed by atoms with Crippen LogP contribution in [0, 0.1) is 0 Å². The van der Waals surface area contributed by atoms with E-state index in [1.54, 1.807) is 24.3 Å². The third kappa shape index (κ3) is 4.44. The second-order valence-corrected chi connectivity index (χ2v) is 4.64. The van der Waals surface area contributed by atoms with E-state index in [0.717, 1.165) is 25.5 Å². The molecule has 6 heteroatoms. The average Bonchev–Trinajstić information content (AvgIpc) is 2.45. The maximum absolute atomic E-state index is 11.8. The number of carbonyl (C=O) groups excluding carboxylic acids is 1. The zero-order valence-corrected chi connectivity index (χ0v) is 11.3. The lowest BCUT2D eigenvalue weighted by Crippen LogP contribution is -2.43. The minimum atomic E-state index is -0.1000. The molecule has 0 fully saturated rings. The van der Waals surface area contributed by atoms with Crippen molar-refractivity contribution in [3.8, 4) is 0 Å². The van der Waals surface area contributed by atoms with Crippen molar-refractivity contribution in [3.63, 3.8) is 0 Å². The number of carbonyl (C=O) groups is 1. The highest BCUT2D eigenvalue weighted by molar-refractivity contribution is 6.30. The molecule has 1 aromatic rings. The summed E-state index contributed by atoms with van der Waals surface area (Å²) in [4.78, 5) is 16.1. The molecule has 0 unspecified atom stereocenters. The van der Waals surface area contributed by atoms with Gasteiger partial charge in [0.15, 0.2) is 5.96 Å². The number of amides is 1. The molecule has 1 aliphatic rings. The van der Waals surface area contributed by atoms with Gasteiger partial charge in [-0.25, -0.2) is 0 Å². The first-order chi connectivity index (χ1) is 9.25. The van der Waals surface area contributed by atoms with Crippen molar-refractivity contribution in [1.29, 1.82) is 0 Å². The minimum absolute atomic E-state index is 0.1000. The average molecular weight is 281 g/mol. The molecule has 3 N–H and O–H groups in total. The third-order valence-corrected chi connectivity index (χ3v) is 2.96. The van der Waals surface area contributed by atoms with Crippen molar-refractivity contribution >= 4 is 23.5 Å². The molecule has 2 rings (SSSR count). The van der Waals surface area contributed by atoms with Gasteiger partial charge in [0.25, 0.3) is 5.91 Å². The molecule has 1 heterocycles. The Labute approximate surface area is 117 Å². The Hall–Kier alpha value is -1.75. The van der Waals surface area contributed by atoms with Crippen LogP contribution in [0.2, 0.25) is 5.02 Å². The summed E-state index contributed by atoms with van der Waals surface area (Å²) in [6.45, 7) is 2.99. The summed E-state index contributed by atoms with van der Waals surface area (Å²) >= 11 is 5.77. The second kappa shape index (κ2) is 6.99. The molecule has 0 atom stereocenters. The standard InChI is InChI=1S/C13H17ClN4O/c14-11-4-2-10(3-5-11)12(19)15-8-9-18-13-16-6-1-7-17-13/h2-5H,1,6-9H2,(H,15,19)(H2,16,17,18). The van der Waals surface area contributed by atoms with Crippen molar-refractivity contribution in [2.75, 3.05) is 26.2 Å². The monoisotopic (exact) mass is 280 g/mol. The number of aliphatic imine (C=N–C) groups is 1. The van der Waals surface area contributed by atoms with Crippen LogP contribution >= 0.6 is 11.6 Å². The number of nitrogens with one attached hydrogen (secondary N) is 3. The number of hydrogen-bond acceptors (Lipinski definition) is 4. The molecule has 1 amide bonds. The minimum Gasteiger partial charge on any atom is -0.356 e. The van der Waals surface area contributed by atoms with Crippen LogP contribution in [0.25, 0.3) is 0 Å². The van der Waals surface area contributed by atoms with Gasteiger partial charge in [0.05, 0.1) is 0 Å². The predicted molar refractivity (Wildman–Crippen MR) is 76.7 cm³/mol. The highest BCUT2D eigenvalue weighted by Crippen LogP contribution is 2.08. The van der Waals surface area contributed by atoms with E-state index < -0.39 is 0 Å². The quantitative estimate of drug-likeness (QED) is 0.721. The zero-order valence-electron chi connectivity index (χ0n) is 10.6. The van der Waals surface area contributed by atoms with Crippen molar-refractivity contribution in [3.05, 3.63) is 34.9 Å². The van der Waals surface area contributed by atoms with Gasteiger partial charge in [-0.3, -0.25) is 9.79 Å². The maximum Gasteiger partial charge on any atom is 0.251 e. The predicted octanol–water partition coefficient (Wildman–Crippen LogP) is 1.01. The molecule has 0 radical (unpaired) electrons. The van der Waals surface area contributed by atoms with Gasteiger partial charge in [-0.2, -0.15) is 0 Å². The van der Waals surface area contributed by atoms with E-state index in [4.69, 9.17) is 11.6 Å². The Kier molecular flexibility index (Phi) is 5.03. The second-order valence-electron chi connectivity index (χ2n) is 4.20. The van der Waals surface area contributed by atoms with E-state index in [2.05, 4.69) is 20.9 Å². The fourth-order valence-corrected chi connectivity index (χ4v) is 1.84. The normalized spacial score (nSPS) is 14.3. The molecule has 0 saturated heterocycles. The molecule has 102 valence electrons. The first kappa shape index (κ1) is 13.7. The zero-order chi connectivity index (χ0) is 13.5. The first-order valence-corrected chi connectivity index (χ1v) is 6.69. The summed E-state index contributed by atoms with van der Waals surface area (Å²) in [5.41, 5.74) is 0.609. The van der Waals surface area contributed by atoms with Crippen molar-refractivity contribution < 1.29 is 4.79 Å². The van der Waals surface area contributed by atoms with Crippen molar-refractivity contribution in [2.45, 2.75) is 6.42 Å². The summed E-state index contributed by atoms with van der Waals surface area (Å²) in [6, 6.07) is 6.82. The molecular formula is C13H17ClN4O. The van der Waals surface area contributed by atoms with Crippen LogP contribution in [0.1, 0.15) is 16.8 Å². The van der Waals surface area contributed by atoms with Gasteiger partial charge in [0.1, 0.15) is 0 Å². The van der Waals surface area contributed by atoms with Gasteiger partial charge < -0.3 is 16.0 Å². The van der Waals surface area contributed by atoms with Crippen LogP contribution in [-0.4, -0.2) is 38.0 Å². The van der Waals surface area contributed by atoms with Crippen LogP contribution in [0.15, 0.2) is 29.3 Å². The Bertz CT molecular complexity index is 458. The molecule has 19 heavy (non-hydrogen) atoms. The molecule has 0 saturated carbocycles. The molecule has 0 aliphatic carbocycles. The Morgan fingerprint density at radius 3 is 2.79 bits per heavy atom. The number of rotatable bonds is 4. The highest BCUT2D eigenvalue weighted by atomic mass is 35.5. The first-order valence-electron chi connectivity index (χ1n) is 6.31. The topological polar surface area (TPSA) is 65.5 Å². The molecule has 0 bridgehead atoms. The molecule has 5 nitrogen and oxygen atoms in total. The van der Waals surface area contributed by atoms with Crippen LogP contribution in [0.3, 0.4) is 0 Å². The van der Waals surface area contributed by atoms with Gasteiger partial charge >= 0.3 is 0 Å². The number of guanidine groups is 1. The van der Waals surface area contributed by atoms with Crippen LogP contribution < -0.4 is 16.0 Å². The lowest BCUT2D eigenvalue weighted by atomic mass is 10.2. The van der Waals surface area contributed by atoms with Gasteiger partial charge in [0, 0.05) is 36.8 Å². The van der Waals surface area contributed by atoms with E-state index in [1.807, 2.05) is 0 Å². The number of halogens is 1. The van der Waals surface area contributed by atoms with Crippen molar-refractivity contribution in [1.82, 2.24) is 16.0 Å². The van der Waals surface area contributed by atoms with Crippen molar-refractivity contribution in [2.24, 2.45) is 4.99 Å². The van der Waals surface area contributed by atoms with Crippen LogP contribution in [0.5, 0.6) is 0 Å². The molecule has 1 aliphatic heterocycles. The van der Waals surface area contributed by atoms with Gasteiger partial charge in [-0.1, -0.05) is 11.6 Å². The molecule has 1 aromatic carbocycles. The lowest BCUT2D eigenvalue weighted by Gasteiger charge is -2.16. The largest absolute Gasteiger partial charge is 0.356 e. The smallest absolute Gasteiger partial charge is 0.251 e. The fourth-order valence-electron chi connectivity index (χ4n) is 1.71. The summed E-state index contributed by atoms with van der Waals surface area (Å²) in [5.74, 6) is 0.712. The summed E-state index contributed by atoms with van der Waals surface area (Å²) < 4.78 is 0. The molecular weight excluding hydrogens is 264 g/mol. The van der Waals surface area contributed by atoms with Crippen LogP contribution in [0.4, 0.5) is 0 Å². The molecule has 0 spiro atoms. The van der Waals surface area contributed by atoms with Gasteiger partial charge in [0.2, 0.25) is 0 Å². The van der Waals surface area contributed by atoms with Gasteiger partial charge in [-0.15, -0.1) is 0 Å². The lowest BCUT2D eigenvalue weighted by molar-refractivity contribution is 0.0954. The number of nitrogens with zero attached hydrogens (tertiary/aromatic N) is 1. The fraction of sp³-hybridized carbons (Fsp3) is 0.385. The van der Waals surface area contributed by atoms with E-state index in [1.165, 1.54) is 0 Å². The van der Waals surface area contributed by atoms with E-state index in [9.17, 15) is 4.79 Å². The third-order valence-electron chi connectivity index (χ3n) is 2.71. The van der Waals surface area contributed by atoms with Gasteiger partial charge in [-0.05, 0) is 30.7 Å². The summed E-state index contributed by atoms with van der Waals surface area (Å²) in [6.07, 6.45) is 1.07. The summed E-state index contributed by atoms with van der Waals surface area (Å²) in [7, 11) is 0. The van der Waals surface area contributed by atoms with E-state index in [0.29, 0.717) is 23.7 Å². The Balaban J connectivity index is 1.69. The summed E-state index contributed by atoms with van der Waals surface area (Å²) in [5, 5.41) is 9.75.